The highest BCUT2D eigenvalue weighted by Crippen LogP contribution is 2.12. The summed E-state index contributed by atoms with van der Waals surface area (Å²) in [6.07, 6.45) is 0. The van der Waals surface area contributed by atoms with Gasteiger partial charge in [-0.2, -0.15) is 0 Å². The van der Waals surface area contributed by atoms with Crippen LogP contribution in [0.5, 0.6) is 0 Å². The van der Waals surface area contributed by atoms with E-state index in [1.165, 1.54) is 0 Å². The predicted octanol–water partition coefficient (Wildman–Crippen LogP) is 0.356. The molecule has 0 N–H and O–H groups in total. The molecule has 0 amide bonds. The summed E-state index contributed by atoms with van der Waals surface area (Å²) < 4.78 is 4.94. The molecule has 1 fully saturated rings. The largest absolute Gasteiger partial charge is 0.459 e. The Kier molecular flexibility index (Phi) is 1.86. The van der Waals surface area contributed by atoms with E-state index < -0.39 is 0 Å². The Morgan fingerprint density at radius 2 is 2.38 bits per heavy atom. The molecule has 0 aromatic rings. The maximum absolute atomic E-state index is 4.94. The summed E-state index contributed by atoms with van der Waals surface area (Å²) in [5.74, 6) is 0.748. The molecule has 1 saturated heterocycles. The minimum absolute atomic E-state index is 0.748. The first-order chi connectivity index (χ1) is 3.83. The number of hydrogen-bond acceptors (Lipinski definition) is 2. The van der Waals surface area contributed by atoms with Crippen LogP contribution in [-0.4, -0.2) is 31.7 Å². The fourth-order valence-electron chi connectivity index (χ4n) is 1.02. The lowest BCUT2D eigenvalue weighted by Gasteiger charge is -2.42. The maximum Gasteiger partial charge on any atom is 0.0513 e. The number of rotatable bonds is 2. The standard InChI is InChI=1S/C6H12NO/c1-7-3-6(4-7)5-8-2/h6H,1,3-5H2,2H3/q-1. The molecule has 0 aliphatic carbocycles. The summed E-state index contributed by atoms with van der Waals surface area (Å²) in [5.41, 5.74) is 0. The fraction of sp³-hybridized carbons (Fsp3) is 0.833. The van der Waals surface area contributed by atoms with E-state index >= 15 is 0 Å². The molecule has 2 nitrogen and oxygen atoms in total. The normalized spacial score (nSPS) is 23.2. The molecule has 1 heterocycles. The zero-order valence-electron chi connectivity index (χ0n) is 5.26. The van der Waals surface area contributed by atoms with Crippen molar-refractivity contribution in [1.82, 2.24) is 4.90 Å². The second kappa shape index (κ2) is 2.46. The van der Waals surface area contributed by atoms with E-state index in [0.29, 0.717) is 0 Å². The maximum atomic E-state index is 4.94. The lowest BCUT2D eigenvalue weighted by atomic mass is 10.0. The van der Waals surface area contributed by atoms with Crippen molar-refractivity contribution < 1.29 is 4.74 Å². The van der Waals surface area contributed by atoms with E-state index in [1.54, 1.807) is 7.11 Å². The Bertz CT molecular complexity index is 66.2. The summed E-state index contributed by atoms with van der Waals surface area (Å²) in [7, 11) is 5.50. The van der Waals surface area contributed by atoms with Gasteiger partial charge in [0.2, 0.25) is 0 Å². The molecule has 0 aromatic heterocycles. The minimum Gasteiger partial charge on any atom is -0.459 e. The zero-order chi connectivity index (χ0) is 5.98. The molecule has 1 aliphatic heterocycles. The number of nitrogens with zero attached hydrogens (tertiary/aromatic N) is 1. The molecule has 0 aromatic carbocycles. The first-order valence-electron chi connectivity index (χ1n) is 2.87. The highest BCUT2D eigenvalue weighted by atomic mass is 16.5. The van der Waals surface area contributed by atoms with Crippen LogP contribution in [0.1, 0.15) is 0 Å². The third kappa shape index (κ3) is 1.20. The summed E-state index contributed by atoms with van der Waals surface area (Å²) in [6.45, 7) is 3.10. The molecule has 0 atom stereocenters. The van der Waals surface area contributed by atoms with Crippen molar-refractivity contribution in [2.24, 2.45) is 5.92 Å². The van der Waals surface area contributed by atoms with Crippen LogP contribution in [0, 0.1) is 13.0 Å². The molecule has 2 heteroatoms. The number of likely N-dealkylation sites (tertiary alicyclic amines) is 1. The highest BCUT2D eigenvalue weighted by molar-refractivity contribution is 4.77. The summed E-state index contributed by atoms with van der Waals surface area (Å²) in [6, 6.07) is 0. The van der Waals surface area contributed by atoms with Gasteiger partial charge in [-0.15, -0.1) is 0 Å². The van der Waals surface area contributed by atoms with E-state index in [2.05, 4.69) is 7.05 Å². The van der Waals surface area contributed by atoms with Crippen molar-refractivity contribution in [3.05, 3.63) is 7.05 Å². The van der Waals surface area contributed by atoms with Crippen LogP contribution in [0.2, 0.25) is 0 Å². The molecule has 8 heavy (non-hydrogen) atoms. The van der Waals surface area contributed by atoms with Gasteiger partial charge in [-0.1, -0.05) is 0 Å². The van der Waals surface area contributed by atoms with Gasteiger partial charge in [-0.05, 0) is 13.1 Å². The summed E-state index contributed by atoms with van der Waals surface area (Å²) >= 11 is 0. The number of hydrogen-bond donors (Lipinski definition) is 0. The number of methoxy groups -OCH3 is 1. The van der Waals surface area contributed by atoms with Crippen LogP contribution in [0.4, 0.5) is 0 Å². The van der Waals surface area contributed by atoms with Gasteiger partial charge in [0.05, 0.1) is 6.61 Å². The average Bonchev–Trinajstić information content (AvgIpc) is 1.64. The second-order valence-electron chi connectivity index (χ2n) is 2.36. The predicted molar refractivity (Wildman–Crippen MR) is 32.3 cm³/mol. The molecule has 0 bridgehead atoms. The van der Waals surface area contributed by atoms with Crippen LogP contribution in [-0.2, 0) is 4.74 Å². The van der Waals surface area contributed by atoms with Crippen LogP contribution in [0.15, 0.2) is 0 Å². The summed E-state index contributed by atoms with van der Waals surface area (Å²) in [4.78, 5) is 2.05. The second-order valence-corrected chi connectivity index (χ2v) is 2.36. The third-order valence-corrected chi connectivity index (χ3v) is 1.44. The van der Waals surface area contributed by atoms with E-state index in [1.807, 2.05) is 4.90 Å². The molecule has 48 valence electrons. The van der Waals surface area contributed by atoms with Crippen molar-refractivity contribution in [3.8, 4) is 0 Å². The Labute approximate surface area is 50.4 Å². The van der Waals surface area contributed by atoms with E-state index in [9.17, 15) is 0 Å². The van der Waals surface area contributed by atoms with Crippen molar-refractivity contribution in [1.29, 1.82) is 0 Å². The third-order valence-electron chi connectivity index (χ3n) is 1.44. The van der Waals surface area contributed by atoms with Crippen LogP contribution < -0.4 is 0 Å². The summed E-state index contributed by atoms with van der Waals surface area (Å²) in [5, 5.41) is 0. The van der Waals surface area contributed by atoms with Crippen LogP contribution in [0.3, 0.4) is 0 Å². The molecule has 0 spiro atoms. The van der Waals surface area contributed by atoms with E-state index in [4.69, 9.17) is 4.74 Å². The van der Waals surface area contributed by atoms with E-state index in [0.717, 1.165) is 25.6 Å². The van der Waals surface area contributed by atoms with E-state index in [-0.39, 0.29) is 0 Å². The molecule has 1 rings (SSSR count). The Hall–Kier alpha value is -0.0800. The molecule has 1 aliphatic rings. The lowest BCUT2D eigenvalue weighted by molar-refractivity contribution is 0.0621. The Balaban J connectivity index is 1.98. The van der Waals surface area contributed by atoms with Gasteiger partial charge in [0, 0.05) is 13.0 Å². The Morgan fingerprint density at radius 1 is 1.75 bits per heavy atom. The van der Waals surface area contributed by atoms with Crippen molar-refractivity contribution in [2.45, 2.75) is 0 Å². The van der Waals surface area contributed by atoms with Crippen molar-refractivity contribution >= 4 is 0 Å². The zero-order valence-corrected chi connectivity index (χ0v) is 5.26. The smallest absolute Gasteiger partial charge is 0.0513 e. The number of ether oxygens (including phenoxy) is 1. The molecular formula is C6H12NO-. The monoisotopic (exact) mass is 114 g/mol. The topological polar surface area (TPSA) is 12.5 Å². The van der Waals surface area contributed by atoms with Crippen molar-refractivity contribution in [2.75, 3.05) is 26.8 Å². The molecule has 0 saturated carbocycles. The molecular weight excluding hydrogens is 102 g/mol. The van der Waals surface area contributed by atoms with Crippen molar-refractivity contribution in [3.63, 3.8) is 0 Å². The minimum atomic E-state index is 0.748. The van der Waals surface area contributed by atoms with Gasteiger partial charge in [0.25, 0.3) is 0 Å². The highest BCUT2D eigenvalue weighted by Gasteiger charge is 2.17. The first-order valence-corrected chi connectivity index (χ1v) is 2.87. The van der Waals surface area contributed by atoms with Gasteiger partial charge in [0.15, 0.2) is 0 Å². The molecule has 0 radical (unpaired) electrons. The average molecular weight is 114 g/mol. The van der Waals surface area contributed by atoms with Crippen LogP contribution >= 0.6 is 0 Å². The molecule has 0 unspecified atom stereocenters. The van der Waals surface area contributed by atoms with Gasteiger partial charge >= 0.3 is 0 Å². The Morgan fingerprint density at radius 3 is 2.75 bits per heavy atom. The van der Waals surface area contributed by atoms with Crippen LogP contribution in [0.25, 0.3) is 0 Å². The SMILES string of the molecule is [CH2-]N1CC(COC)C1. The quantitative estimate of drug-likeness (QED) is 0.480. The van der Waals surface area contributed by atoms with Gasteiger partial charge in [0.1, 0.15) is 0 Å². The van der Waals surface area contributed by atoms with Gasteiger partial charge < -0.3 is 9.64 Å². The lowest BCUT2D eigenvalue weighted by Crippen LogP contribution is -2.44. The van der Waals surface area contributed by atoms with Gasteiger partial charge in [-0.25, -0.2) is 0 Å². The fourth-order valence-corrected chi connectivity index (χ4v) is 1.02. The first kappa shape index (κ1) is 6.05. The van der Waals surface area contributed by atoms with Gasteiger partial charge in [-0.3, -0.25) is 7.05 Å².